The maximum atomic E-state index is 12.3. The number of nitrogens with zero attached hydrogens (tertiary/aromatic N) is 2. The fourth-order valence-corrected chi connectivity index (χ4v) is 2.12. The summed E-state index contributed by atoms with van der Waals surface area (Å²) in [5, 5.41) is 5.80. The second kappa shape index (κ2) is 7.22. The maximum Gasteiger partial charge on any atom is 0.255 e. The highest BCUT2D eigenvalue weighted by molar-refractivity contribution is 6.04. The van der Waals surface area contributed by atoms with Crippen molar-refractivity contribution in [1.82, 2.24) is 9.97 Å². The van der Waals surface area contributed by atoms with Crippen LogP contribution >= 0.6 is 0 Å². The fraction of sp³-hybridized carbons (Fsp3) is 0. The quantitative estimate of drug-likeness (QED) is 0.665. The Bertz CT molecular complexity index is 878. The predicted octanol–water partition coefficient (Wildman–Crippen LogP) is 2.57. The molecule has 0 atom stereocenters. The molecule has 0 spiro atoms. The summed E-state index contributed by atoms with van der Waals surface area (Å²) < 4.78 is 0. The van der Waals surface area contributed by atoms with E-state index in [1.165, 1.54) is 0 Å². The van der Waals surface area contributed by atoms with Crippen LogP contribution in [0.3, 0.4) is 0 Å². The predicted molar refractivity (Wildman–Crippen MR) is 94.7 cm³/mol. The Morgan fingerprint density at radius 1 is 0.800 bits per heavy atom. The van der Waals surface area contributed by atoms with Gasteiger partial charge in [-0.15, -0.1) is 0 Å². The minimum atomic E-state index is -0.511. The SMILES string of the molecule is NC(=O)c1ccc(NC(=O)c2ccc(Nc3ncccn3)cc2)cc1. The average molecular weight is 333 g/mol. The van der Waals surface area contributed by atoms with Gasteiger partial charge in [0.2, 0.25) is 11.9 Å². The van der Waals surface area contributed by atoms with E-state index in [4.69, 9.17) is 5.73 Å². The van der Waals surface area contributed by atoms with Crippen molar-refractivity contribution in [1.29, 1.82) is 0 Å². The normalized spacial score (nSPS) is 10.1. The molecule has 1 heterocycles. The van der Waals surface area contributed by atoms with Gasteiger partial charge < -0.3 is 16.4 Å². The second-order valence-corrected chi connectivity index (χ2v) is 5.17. The molecule has 7 nitrogen and oxygen atoms in total. The summed E-state index contributed by atoms with van der Waals surface area (Å²) in [6.45, 7) is 0. The lowest BCUT2D eigenvalue weighted by molar-refractivity contribution is 0.0998. The van der Waals surface area contributed by atoms with Gasteiger partial charge in [-0.3, -0.25) is 9.59 Å². The van der Waals surface area contributed by atoms with Gasteiger partial charge in [0, 0.05) is 34.9 Å². The molecule has 0 saturated carbocycles. The summed E-state index contributed by atoms with van der Waals surface area (Å²) in [4.78, 5) is 31.4. The Kier molecular flexibility index (Phi) is 4.66. The Morgan fingerprint density at radius 3 is 1.96 bits per heavy atom. The van der Waals surface area contributed by atoms with E-state index in [0.29, 0.717) is 22.8 Å². The lowest BCUT2D eigenvalue weighted by Crippen LogP contribution is -2.13. The molecule has 2 amide bonds. The van der Waals surface area contributed by atoms with E-state index < -0.39 is 5.91 Å². The monoisotopic (exact) mass is 333 g/mol. The van der Waals surface area contributed by atoms with Crippen molar-refractivity contribution < 1.29 is 9.59 Å². The number of aromatic nitrogens is 2. The molecule has 0 aliphatic heterocycles. The highest BCUT2D eigenvalue weighted by Crippen LogP contribution is 2.15. The number of hydrogen-bond acceptors (Lipinski definition) is 5. The Hall–Kier alpha value is -3.74. The van der Waals surface area contributed by atoms with Crippen LogP contribution in [0.4, 0.5) is 17.3 Å². The molecule has 0 fully saturated rings. The van der Waals surface area contributed by atoms with Crippen molar-refractivity contribution in [3.8, 4) is 0 Å². The Morgan fingerprint density at radius 2 is 1.36 bits per heavy atom. The molecule has 124 valence electrons. The van der Waals surface area contributed by atoms with Crippen LogP contribution in [0.1, 0.15) is 20.7 Å². The number of primary amides is 1. The molecular weight excluding hydrogens is 318 g/mol. The number of benzene rings is 2. The number of amides is 2. The molecule has 0 unspecified atom stereocenters. The van der Waals surface area contributed by atoms with Gasteiger partial charge in [-0.05, 0) is 54.6 Å². The Labute approximate surface area is 143 Å². The van der Waals surface area contributed by atoms with E-state index in [1.807, 2.05) is 0 Å². The van der Waals surface area contributed by atoms with Crippen molar-refractivity contribution in [2.24, 2.45) is 5.73 Å². The van der Waals surface area contributed by atoms with E-state index in [9.17, 15) is 9.59 Å². The summed E-state index contributed by atoms with van der Waals surface area (Å²) in [7, 11) is 0. The summed E-state index contributed by atoms with van der Waals surface area (Å²) in [5.74, 6) is -0.285. The number of nitrogens with one attached hydrogen (secondary N) is 2. The van der Waals surface area contributed by atoms with E-state index in [0.717, 1.165) is 5.69 Å². The summed E-state index contributed by atoms with van der Waals surface area (Å²) in [5.41, 5.74) is 7.42. The molecule has 0 aliphatic rings. The molecule has 0 saturated heterocycles. The summed E-state index contributed by atoms with van der Waals surface area (Å²) in [6.07, 6.45) is 3.28. The molecule has 3 rings (SSSR count). The Balaban J connectivity index is 1.65. The molecule has 1 aromatic heterocycles. The minimum absolute atomic E-state index is 0.255. The van der Waals surface area contributed by atoms with Gasteiger partial charge in [-0.25, -0.2) is 9.97 Å². The van der Waals surface area contributed by atoms with Gasteiger partial charge in [0.05, 0.1) is 0 Å². The zero-order chi connectivity index (χ0) is 17.6. The number of carbonyl (C=O) groups is 2. The van der Waals surface area contributed by atoms with E-state index in [-0.39, 0.29) is 5.91 Å². The highest BCUT2D eigenvalue weighted by Gasteiger charge is 2.07. The van der Waals surface area contributed by atoms with Crippen LogP contribution in [0, 0.1) is 0 Å². The van der Waals surface area contributed by atoms with Crippen molar-refractivity contribution in [2.75, 3.05) is 10.6 Å². The molecule has 25 heavy (non-hydrogen) atoms. The molecular formula is C18H15N5O2. The third-order valence-electron chi connectivity index (χ3n) is 3.40. The van der Waals surface area contributed by atoms with Gasteiger partial charge in [0.15, 0.2) is 0 Å². The van der Waals surface area contributed by atoms with Gasteiger partial charge >= 0.3 is 0 Å². The van der Waals surface area contributed by atoms with Crippen LogP contribution in [0.5, 0.6) is 0 Å². The van der Waals surface area contributed by atoms with Crippen LogP contribution in [-0.4, -0.2) is 21.8 Å². The van der Waals surface area contributed by atoms with E-state index >= 15 is 0 Å². The molecule has 0 bridgehead atoms. The van der Waals surface area contributed by atoms with E-state index in [2.05, 4.69) is 20.6 Å². The number of rotatable bonds is 5. The second-order valence-electron chi connectivity index (χ2n) is 5.17. The van der Waals surface area contributed by atoms with Crippen molar-refractivity contribution >= 4 is 29.1 Å². The molecule has 7 heteroatoms. The topological polar surface area (TPSA) is 110 Å². The largest absolute Gasteiger partial charge is 0.366 e. The van der Waals surface area contributed by atoms with Gasteiger partial charge in [0.25, 0.3) is 5.91 Å². The lowest BCUT2D eigenvalue weighted by Gasteiger charge is -2.07. The third kappa shape index (κ3) is 4.17. The number of nitrogens with two attached hydrogens (primary N) is 1. The van der Waals surface area contributed by atoms with Gasteiger partial charge in [-0.1, -0.05) is 0 Å². The molecule has 0 radical (unpaired) electrons. The zero-order valence-electron chi connectivity index (χ0n) is 13.1. The van der Waals surface area contributed by atoms with Crippen LogP contribution in [-0.2, 0) is 0 Å². The van der Waals surface area contributed by atoms with E-state index in [1.54, 1.807) is 67.0 Å². The first-order valence-corrected chi connectivity index (χ1v) is 7.47. The smallest absolute Gasteiger partial charge is 0.255 e. The van der Waals surface area contributed by atoms with Crippen molar-refractivity contribution in [3.63, 3.8) is 0 Å². The number of anilines is 3. The summed E-state index contributed by atoms with van der Waals surface area (Å²) in [6, 6.07) is 15.0. The maximum absolute atomic E-state index is 12.3. The lowest BCUT2D eigenvalue weighted by atomic mass is 10.1. The van der Waals surface area contributed by atoms with Crippen LogP contribution in [0.15, 0.2) is 67.0 Å². The van der Waals surface area contributed by atoms with Crippen LogP contribution in [0.25, 0.3) is 0 Å². The first kappa shape index (κ1) is 16.1. The zero-order valence-corrected chi connectivity index (χ0v) is 13.1. The number of hydrogen-bond donors (Lipinski definition) is 3. The standard InChI is InChI=1S/C18H15N5O2/c19-16(24)12-2-6-14(7-3-12)22-17(25)13-4-8-15(9-5-13)23-18-20-10-1-11-21-18/h1-11H,(H2,19,24)(H,22,25)(H,20,21,23). The fourth-order valence-electron chi connectivity index (χ4n) is 2.12. The minimum Gasteiger partial charge on any atom is -0.366 e. The molecule has 4 N–H and O–H groups in total. The van der Waals surface area contributed by atoms with Crippen LogP contribution < -0.4 is 16.4 Å². The van der Waals surface area contributed by atoms with Crippen LogP contribution in [0.2, 0.25) is 0 Å². The van der Waals surface area contributed by atoms with Crippen molar-refractivity contribution in [3.05, 3.63) is 78.1 Å². The first-order valence-electron chi connectivity index (χ1n) is 7.47. The number of carbonyl (C=O) groups excluding carboxylic acids is 2. The highest BCUT2D eigenvalue weighted by atomic mass is 16.2. The van der Waals surface area contributed by atoms with Crippen molar-refractivity contribution in [2.45, 2.75) is 0 Å². The third-order valence-corrected chi connectivity index (χ3v) is 3.40. The molecule has 0 aliphatic carbocycles. The van der Waals surface area contributed by atoms with Gasteiger partial charge in [-0.2, -0.15) is 0 Å². The first-order chi connectivity index (χ1) is 12.1. The average Bonchev–Trinajstić information content (AvgIpc) is 2.63. The van der Waals surface area contributed by atoms with Gasteiger partial charge in [0.1, 0.15) is 0 Å². The molecule has 2 aromatic carbocycles. The summed E-state index contributed by atoms with van der Waals surface area (Å²) >= 11 is 0. The molecule has 3 aromatic rings.